The lowest BCUT2D eigenvalue weighted by molar-refractivity contribution is 0.567. The molecule has 0 saturated carbocycles. The fourth-order valence-electron chi connectivity index (χ4n) is 4.27. The van der Waals surface area contributed by atoms with Crippen LogP contribution in [0.25, 0.3) is 11.1 Å². The van der Waals surface area contributed by atoms with Gasteiger partial charge in [-0.3, -0.25) is 0 Å². The van der Waals surface area contributed by atoms with Crippen LogP contribution in [0.1, 0.15) is 31.2 Å². The van der Waals surface area contributed by atoms with E-state index in [0.29, 0.717) is 12.0 Å². The van der Waals surface area contributed by atoms with Gasteiger partial charge >= 0.3 is 0 Å². The molecule has 0 saturated heterocycles. The van der Waals surface area contributed by atoms with Crippen LogP contribution in [-0.4, -0.2) is 6.04 Å². The summed E-state index contributed by atoms with van der Waals surface area (Å²) in [6, 6.07) is 15.9. The number of hydrogen-bond acceptors (Lipinski definition) is 1. The Morgan fingerprint density at radius 3 is 2.67 bits per heavy atom. The molecule has 1 nitrogen and oxygen atoms in total. The molecule has 0 fully saturated rings. The standard InChI is InChI=1S/C25H24BrN/c1-3-5-8-21(4-2)27-24-10-7-6-9-22(24)23-17-19(13-16-25(23)27)18-11-14-20(26)15-12-18/h3-5,7-8,10-17,22,24H,1,6,9H2,2H3/b8-5-,21-4+. The second-order valence-electron chi connectivity index (χ2n) is 7.06. The van der Waals surface area contributed by atoms with Gasteiger partial charge in [0.2, 0.25) is 0 Å². The SMILES string of the molecule is C=C/C=C\C(=C/C)N1c2ccc(-c3ccc(Br)cc3)cc2C2CCC=CC21. The summed E-state index contributed by atoms with van der Waals surface area (Å²) in [6.45, 7) is 5.93. The van der Waals surface area contributed by atoms with Crippen molar-refractivity contribution in [3.05, 3.63) is 101 Å². The topological polar surface area (TPSA) is 3.24 Å². The van der Waals surface area contributed by atoms with Crippen LogP contribution in [0.5, 0.6) is 0 Å². The van der Waals surface area contributed by atoms with Gasteiger partial charge in [0.1, 0.15) is 0 Å². The normalized spacial score (nSPS) is 21.4. The van der Waals surface area contributed by atoms with Gasteiger partial charge in [0.05, 0.1) is 6.04 Å². The number of benzene rings is 2. The molecule has 0 bridgehead atoms. The van der Waals surface area contributed by atoms with Gasteiger partial charge in [-0.2, -0.15) is 0 Å². The number of nitrogens with zero attached hydrogens (tertiary/aromatic N) is 1. The third kappa shape index (κ3) is 3.35. The van der Waals surface area contributed by atoms with Gasteiger partial charge in [0.25, 0.3) is 0 Å². The number of halogens is 1. The van der Waals surface area contributed by atoms with Gasteiger partial charge in [0.15, 0.2) is 0 Å². The quantitative estimate of drug-likeness (QED) is 0.370. The summed E-state index contributed by atoms with van der Waals surface area (Å²) in [5, 5.41) is 0. The molecule has 27 heavy (non-hydrogen) atoms. The van der Waals surface area contributed by atoms with E-state index in [1.165, 1.54) is 34.5 Å². The largest absolute Gasteiger partial charge is 0.334 e. The lowest BCUT2D eigenvalue weighted by Gasteiger charge is -2.31. The van der Waals surface area contributed by atoms with E-state index in [-0.39, 0.29) is 0 Å². The van der Waals surface area contributed by atoms with Gasteiger partial charge in [0, 0.05) is 21.8 Å². The van der Waals surface area contributed by atoms with Gasteiger partial charge in [-0.1, -0.05) is 71.1 Å². The molecular weight excluding hydrogens is 394 g/mol. The highest BCUT2D eigenvalue weighted by atomic mass is 79.9. The summed E-state index contributed by atoms with van der Waals surface area (Å²) < 4.78 is 1.11. The van der Waals surface area contributed by atoms with Crippen molar-refractivity contribution in [2.45, 2.75) is 31.7 Å². The first-order chi connectivity index (χ1) is 13.2. The molecule has 0 spiro atoms. The summed E-state index contributed by atoms with van der Waals surface area (Å²) in [7, 11) is 0. The van der Waals surface area contributed by atoms with E-state index in [2.05, 4.69) is 101 Å². The zero-order valence-electron chi connectivity index (χ0n) is 15.6. The molecule has 0 aromatic heterocycles. The van der Waals surface area contributed by atoms with E-state index in [4.69, 9.17) is 0 Å². The second kappa shape index (κ2) is 7.74. The van der Waals surface area contributed by atoms with Crippen molar-refractivity contribution < 1.29 is 0 Å². The third-order valence-electron chi connectivity index (χ3n) is 5.53. The molecule has 4 rings (SSSR count). The molecule has 2 aromatic carbocycles. The minimum atomic E-state index is 0.398. The van der Waals surface area contributed by atoms with E-state index < -0.39 is 0 Å². The maximum atomic E-state index is 3.82. The lowest BCUT2D eigenvalue weighted by Crippen LogP contribution is -2.32. The molecule has 0 radical (unpaired) electrons. The van der Waals surface area contributed by atoms with Gasteiger partial charge in [-0.05, 0) is 66.8 Å². The Labute approximate surface area is 170 Å². The highest BCUT2D eigenvalue weighted by molar-refractivity contribution is 9.10. The van der Waals surface area contributed by atoms with Crippen LogP contribution in [0.2, 0.25) is 0 Å². The number of rotatable bonds is 4. The molecular formula is C25H24BrN. The van der Waals surface area contributed by atoms with Crippen molar-refractivity contribution in [2.24, 2.45) is 0 Å². The lowest BCUT2D eigenvalue weighted by atomic mass is 9.85. The van der Waals surface area contributed by atoms with E-state index in [0.717, 1.165) is 10.9 Å². The summed E-state index contributed by atoms with van der Waals surface area (Å²) >= 11 is 3.53. The maximum absolute atomic E-state index is 3.82. The third-order valence-corrected chi connectivity index (χ3v) is 6.06. The van der Waals surface area contributed by atoms with Crippen molar-refractivity contribution >= 4 is 21.6 Å². The Morgan fingerprint density at radius 1 is 1.15 bits per heavy atom. The smallest absolute Gasteiger partial charge is 0.0591 e. The molecule has 2 heteroatoms. The Morgan fingerprint density at radius 2 is 1.93 bits per heavy atom. The molecule has 0 amide bonds. The molecule has 136 valence electrons. The summed E-state index contributed by atoms with van der Waals surface area (Å²) in [6.07, 6.45) is 15.3. The molecule has 2 aromatic rings. The van der Waals surface area contributed by atoms with E-state index >= 15 is 0 Å². The molecule has 1 heterocycles. The second-order valence-corrected chi connectivity index (χ2v) is 7.98. The first-order valence-corrected chi connectivity index (χ1v) is 10.3. The summed E-state index contributed by atoms with van der Waals surface area (Å²) in [5.74, 6) is 0.549. The zero-order chi connectivity index (χ0) is 18.8. The number of hydrogen-bond donors (Lipinski definition) is 0. The Balaban J connectivity index is 1.80. The monoisotopic (exact) mass is 417 g/mol. The fraction of sp³-hybridized carbons (Fsp3) is 0.200. The molecule has 1 aliphatic heterocycles. The molecule has 1 aliphatic carbocycles. The van der Waals surface area contributed by atoms with Crippen molar-refractivity contribution in [3.8, 4) is 11.1 Å². The van der Waals surface area contributed by atoms with E-state index in [1.807, 2.05) is 12.2 Å². The van der Waals surface area contributed by atoms with Crippen molar-refractivity contribution in [1.29, 1.82) is 0 Å². The molecule has 2 unspecified atom stereocenters. The predicted molar refractivity (Wildman–Crippen MR) is 120 cm³/mol. The summed E-state index contributed by atoms with van der Waals surface area (Å²) in [4.78, 5) is 2.49. The van der Waals surface area contributed by atoms with Gasteiger partial charge in [-0.25, -0.2) is 0 Å². The minimum Gasteiger partial charge on any atom is -0.334 e. The molecule has 2 atom stereocenters. The number of fused-ring (bicyclic) bond motifs is 3. The Kier molecular flexibility index (Phi) is 5.18. The van der Waals surface area contributed by atoms with E-state index in [9.17, 15) is 0 Å². The molecule has 2 aliphatic rings. The highest BCUT2D eigenvalue weighted by Crippen LogP contribution is 2.48. The Hall–Kier alpha value is -2.32. The number of allylic oxidation sites excluding steroid dienone is 5. The first-order valence-electron chi connectivity index (χ1n) is 9.54. The maximum Gasteiger partial charge on any atom is 0.0591 e. The van der Waals surface area contributed by atoms with Crippen LogP contribution in [0.3, 0.4) is 0 Å². The van der Waals surface area contributed by atoms with Crippen LogP contribution in [0.15, 0.2) is 95.7 Å². The fourth-order valence-corrected chi connectivity index (χ4v) is 4.53. The molecule has 0 N–H and O–H groups in total. The van der Waals surface area contributed by atoms with Crippen LogP contribution in [-0.2, 0) is 0 Å². The summed E-state index contributed by atoms with van der Waals surface area (Å²) in [5.41, 5.74) is 6.59. The van der Waals surface area contributed by atoms with Gasteiger partial charge < -0.3 is 4.90 Å². The first kappa shape index (κ1) is 18.1. The van der Waals surface area contributed by atoms with Gasteiger partial charge in [-0.15, -0.1) is 0 Å². The van der Waals surface area contributed by atoms with Crippen LogP contribution in [0, 0.1) is 0 Å². The zero-order valence-corrected chi connectivity index (χ0v) is 17.2. The predicted octanol–water partition coefficient (Wildman–Crippen LogP) is 7.38. The number of anilines is 1. The van der Waals surface area contributed by atoms with Crippen LogP contribution in [0.4, 0.5) is 5.69 Å². The van der Waals surface area contributed by atoms with Crippen LogP contribution < -0.4 is 4.90 Å². The average Bonchev–Trinajstić information content (AvgIpc) is 3.03. The van der Waals surface area contributed by atoms with Crippen molar-refractivity contribution in [2.75, 3.05) is 4.90 Å². The van der Waals surface area contributed by atoms with Crippen molar-refractivity contribution in [1.82, 2.24) is 0 Å². The van der Waals surface area contributed by atoms with E-state index in [1.54, 1.807) is 0 Å². The minimum absolute atomic E-state index is 0.398. The van der Waals surface area contributed by atoms with Crippen LogP contribution >= 0.6 is 15.9 Å². The highest BCUT2D eigenvalue weighted by Gasteiger charge is 2.38. The van der Waals surface area contributed by atoms with Crippen molar-refractivity contribution in [3.63, 3.8) is 0 Å². The Bertz CT molecular complexity index is 933. The average molecular weight is 418 g/mol.